The topological polar surface area (TPSA) is 61.9 Å². The number of alkyl halides is 3. The number of anilines is 2. The number of nitrogens with one attached hydrogen (secondary N) is 1. The molecular formula is C22H24F3N3O3. The van der Waals surface area contributed by atoms with Crippen LogP contribution in [0.5, 0.6) is 5.75 Å². The highest BCUT2D eigenvalue weighted by molar-refractivity contribution is 5.98. The van der Waals surface area contributed by atoms with Gasteiger partial charge in [0, 0.05) is 17.9 Å². The van der Waals surface area contributed by atoms with Crippen molar-refractivity contribution in [1.29, 1.82) is 0 Å². The number of hydrogen-bond donors (Lipinski definition) is 1. The van der Waals surface area contributed by atoms with Crippen LogP contribution in [0.1, 0.15) is 18.9 Å². The number of para-hydroxylation sites is 1. The van der Waals surface area contributed by atoms with E-state index in [1.165, 1.54) is 12.1 Å². The van der Waals surface area contributed by atoms with Crippen molar-refractivity contribution in [3.05, 3.63) is 54.1 Å². The normalized spacial score (nSPS) is 14.7. The predicted octanol–water partition coefficient (Wildman–Crippen LogP) is 3.82. The molecule has 0 fully saturated rings. The third-order valence-electron chi connectivity index (χ3n) is 5.16. The molecule has 0 bridgehead atoms. The number of aryl methyl sites for hydroxylation is 1. The Balaban J connectivity index is 1.56. The maximum Gasteiger partial charge on any atom is 0.573 e. The Labute approximate surface area is 178 Å². The highest BCUT2D eigenvalue weighted by atomic mass is 19.4. The zero-order chi connectivity index (χ0) is 22.6. The first-order valence-electron chi connectivity index (χ1n) is 9.89. The molecule has 1 heterocycles. The lowest BCUT2D eigenvalue weighted by atomic mass is 10.0. The zero-order valence-corrected chi connectivity index (χ0v) is 17.3. The van der Waals surface area contributed by atoms with Crippen LogP contribution in [-0.4, -0.2) is 49.3 Å². The number of benzene rings is 2. The van der Waals surface area contributed by atoms with Gasteiger partial charge in [0.1, 0.15) is 5.75 Å². The van der Waals surface area contributed by atoms with E-state index in [9.17, 15) is 22.8 Å². The predicted molar refractivity (Wildman–Crippen MR) is 111 cm³/mol. The van der Waals surface area contributed by atoms with Gasteiger partial charge in [-0.05, 0) is 62.7 Å². The maximum atomic E-state index is 13.0. The molecule has 0 spiro atoms. The van der Waals surface area contributed by atoms with Crippen molar-refractivity contribution in [3.63, 3.8) is 0 Å². The number of ether oxygens (including phenoxy) is 1. The molecule has 1 N–H and O–H groups in total. The van der Waals surface area contributed by atoms with Crippen LogP contribution in [0.4, 0.5) is 24.5 Å². The fourth-order valence-electron chi connectivity index (χ4n) is 3.48. The Bertz CT molecular complexity index is 932. The number of carbonyl (C=O) groups excluding carboxylic acids is 2. The number of likely N-dealkylation sites (N-methyl/N-ethyl adjacent to an activating group) is 1. The van der Waals surface area contributed by atoms with Crippen LogP contribution in [0.15, 0.2) is 48.5 Å². The molecule has 9 heteroatoms. The van der Waals surface area contributed by atoms with Crippen LogP contribution in [-0.2, 0) is 16.0 Å². The Kier molecular flexibility index (Phi) is 6.84. The summed E-state index contributed by atoms with van der Waals surface area (Å²) in [6, 6.07) is 12.1. The minimum absolute atomic E-state index is 0.0524. The van der Waals surface area contributed by atoms with Gasteiger partial charge in [-0.15, -0.1) is 13.2 Å². The van der Waals surface area contributed by atoms with E-state index in [1.54, 1.807) is 23.8 Å². The van der Waals surface area contributed by atoms with Gasteiger partial charge in [0.2, 0.25) is 11.8 Å². The molecule has 0 aliphatic carbocycles. The van der Waals surface area contributed by atoms with Crippen molar-refractivity contribution < 1.29 is 27.5 Å². The van der Waals surface area contributed by atoms with Gasteiger partial charge in [-0.1, -0.05) is 18.2 Å². The second kappa shape index (κ2) is 9.38. The summed E-state index contributed by atoms with van der Waals surface area (Å²) in [6.45, 7) is 2.33. The first-order valence-corrected chi connectivity index (χ1v) is 9.89. The van der Waals surface area contributed by atoms with Crippen molar-refractivity contribution >= 4 is 23.2 Å². The molecule has 3 rings (SSSR count). The monoisotopic (exact) mass is 435 g/mol. The molecule has 0 unspecified atom stereocenters. The van der Waals surface area contributed by atoms with Gasteiger partial charge >= 0.3 is 6.36 Å². The molecule has 2 amide bonds. The molecule has 1 aliphatic heterocycles. The summed E-state index contributed by atoms with van der Waals surface area (Å²) < 4.78 is 40.5. The quantitative estimate of drug-likeness (QED) is 0.750. The summed E-state index contributed by atoms with van der Waals surface area (Å²) >= 11 is 0. The van der Waals surface area contributed by atoms with E-state index in [1.807, 2.05) is 24.3 Å². The van der Waals surface area contributed by atoms with E-state index in [4.69, 9.17) is 0 Å². The minimum atomic E-state index is -4.77. The molecule has 6 nitrogen and oxygen atoms in total. The van der Waals surface area contributed by atoms with Crippen LogP contribution in [0.2, 0.25) is 0 Å². The van der Waals surface area contributed by atoms with E-state index < -0.39 is 12.4 Å². The molecule has 2 aromatic carbocycles. The third-order valence-corrected chi connectivity index (χ3v) is 5.16. The van der Waals surface area contributed by atoms with E-state index in [-0.39, 0.29) is 24.1 Å². The summed E-state index contributed by atoms with van der Waals surface area (Å²) in [4.78, 5) is 28.8. The number of carbonyl (C=O) groups is 2. The molecule has 0 aromatic heterocycles. The minimum Gasteiger partial charge on any atom is -0.406 e. The average molecular weight is 435 g/mol. The highest BCUT2D eigenvalue weighted by Crippen LogP contribution is 2.28. The third kappa shape index (κ3) is 5.97. The number of halogens is 3. The second-order valence-electron chi connectivity index (χ2n) is 7.43. The molecule has 166 valence electrons. The van der Waals surface area contributed by atoms with Crippen molar-refractivity contribution in [2.75, 3.05) is 30.4 Å². The van der Waals surface area contributed by atoms with Gasteiger partial charge in [0.25, 0.3) is 0 Å². The highest BCUT2D eigenvalue weighted by Gasteiger charge is 2.31. The van der Waals surface area contributed by atoms with Gasteiger partial charge < -0.3 is 15.0 Å². The fourth-order valence-corrected chi connectivity index (χ4v) is 3.48. The van der Waals surface area contributed by atoms with E-state index in [2.05, 4.69) is 10.1 Å². The Morgan fingerprint density at radius 1 is 1.16 bits per heavy atom. The number of amides is 2. The van der Waals surface area contributed by atoms with E-state index in [0.717, 1.165) is 36.2 Å². The van der Waals surface area contributed by atoms with Crippen LogP contribution in [0.25, 0.3) is 0 Å². The Hall–Kier alpha value is -3.07. The van der Waals surface area contributed by atoms with Crippen molar-refractivity contribution in [2.24, 2.45) is 0 Å². The van der Waals surface area contributed by atoms with Gasteiger partial charge in [-0.25, -0.2) is 0 Å². The molecule has 0 saturated heterocycles. The van der Waals surface area contributed by atoms with Crippen LogP contribution < -0.4 is 15.0 Å². The van der Waals surface area contributed by atoms with Crippen molar-refractivity contribution in [1.82, 2.24) is 4.90 Å². The lowest BCUT2D eigenvalue weighted by molar-refractivity contribution is -0.274. The number of rotatable bonds is 6. The molecule has 31 heavy (non-hydrogen) atoms. The van der Waals surface area contributed by atoms with Gasteiger partial charge in [-0.3, -0.25) is 14.5 Å². The summed E-state index contributed by atoms with van der Waals surface area (Å²) in [5.74, 6) is -0.842. The first-order chi connectivity index (χ1) is 14.6. The summed E-state index contributed by atoms with van der Waals surface area (Å²) in [5.41, 5.74) is 2.37. The first kappa shape index (κ1) is 22.6. The lowest BCUT2D eigenvalue weighted by Gasteiger charge is -2.34. The smallest absolute Gasteiger partial charge is 0.406 e. The van der Waals surface area contributed by atoms with Crippen LogP contribution in [0, 0.1) is 0 Å². The molecule has 2 aromatic rings. The standard InChI is InChI=1S/C22H24F3N3O3/c1-15(21(30)28-13-5-7-16-6-3-4-8-19(16)28)27(2)14-20(29)26-17-9-11-18(12-10-17)31-22(23,24)25/h3-4,6,8-12,15H,5,7,13-14H2,1-2H3,(H,26,29)/t15-/m1/s1. The van der Waals surface area contributed by atoms with Crippen LogP contribution in [0.3, 0.4) is 0 Å². The van der Waals surface area contributed by atoms with Crippen molar-refractivity contribution in [3.8, 4) is 5.75 Å². The molecule has 1 atom stereocenters. The Morgan fingerprint density at radius 3 is 2.52 bits per heavy atom. The van der Waals surface area contributed by atoms with Gasteiger partial charge in [-0.2, -0.15) is 0 Å². The SMILES string of the molecule is C[C@H](C(=O)N1CCCc2ccccc21)N(C)CC(=O)Nc1ccc(OC(F)(F)F)cc1. The van der Waals surface area contributed by atoms with Gasteiger partial charge in [0.15, 0.2) is 0 Å². The molecular weight excluding hydrogens is 411 g/mol. The second-order valence-corrected chi connectivity index (χ2v) is 7.43. The van der Waals surface area contributed by atoms with Crippen molar-refractivity contribution in [2.45, 2.75) is 32.2 Å². The van der Waals surface area contributed by atoms with Gasteiger partial charge in [0.05, 0.1) is 12.6 Å². The number of hydrogen-bond acceptors (Lipinski definition) is 4. The number of fused-ring (bicyclic) bond motifs is 1. The average Bonchev–Trinajstić information content (AvgIpc) is 2.72. The number of nitrogens with zero attached hydrogens (tertiary/aromatic N) is 2. The fraction of sp³-hybridized carbons (Fsp3) is 0.364. The largest absolute Gasteiger partial charge is 0.573 e. The van der Waals surface area contributed by atoms with Crippen LogP contribution >= 0.6 is 0 Å². The lowest BCUT2D eigenvalue weighted by Crippen LogP contribution is -2.49. The molecule has 1 aliphatic rings. The molecule has 0 saturated carbocycles. The summed E-state index contributed by atoms with van der Waals surface area (Å²) in [5, 5.41) is 2.61. The van der Waals surface area contributed by atoms with E-state index in [0.29, 0.717) is 12.2 Å². The summed E-state index contributed by atoms with van der Waals surface area (Å²) in [6.07, 6.45) is -2.96. The molecule has 0 radical (unpaired) electrons. The zero-order valence-electron chi connectivity index (χ0n) is 17.3. The Morgan fingerprint density at radius 2 is 1.84 bits per heavy atom. The van der Waals surface area contributed by atoms with E-state index >= 15 is 0 Å². The summed E-state index contributed by atoms with van der Waals surface area (Å²) in [7, 11) is 1.68. The maximum absolute atomic E-state index is 13.0.